The molecule has 24 heavy (non-hydrogen) atoms. The molecule has 0 aliphatic rings. The van der Waals surface area contributed by atoms with E-state index in [0.29, 0.717) is 31.0 Å². The summed E-state index contributed by atoms with van der Waals surface area (Å²) in [7, 11) is 1.56. The maximum Gasteiger partial charge on any atom is 0.352 e. The number of aromatic nitrogens is 4. The van der Waals surface area contributed by atoms with Gasteiger partial charge in [-0.1, -0.05) is 19.1 Å². The molecular formula is C16H19N5O3. The first-order chi connectivity index (χ1) is 11.7. The largest absolute Gasteiger partial charge is 0.383 e. The lowest BCUT2D eigenvalue weighted by molar-refractivity contribution is -0.122. The molecule has 0 spiro atoms. The van der Waals surface area contributed by atoms with Crippen molar-refractivity contribution in [2.24, 2.45) is 0 Å². The van der Waals surface area contributed by atoms with Gasteiger partial charge in [0, 0.05) is 25.5 Å². The van der Waals surface area contributed by atoms with Crippen LogP contribution in [0.2, 0.25) is 0 Å². The van der Waals surface area contributed by atoms with Crippen molar-refractivity contribution in [3.8, 4) is 0 Å². The molecule has 126 valence electrons. The highest BCUT2D eigenvalue weighted by atomic mass is 16.5. The number of ether oxygens (including phenoxy) is 1. The van der Waals surface area contributed by atoms with Crippen molar-refractivity contribution in [2.45, 2.75) is 19.9 Å². The first-order valence-corrected chi connectivity index (χ1v) is 7.78. The number of hydrogen-bond donors (Lipinski definition) is 1. The SMILES string of the molecule is CCc1nc2ccccc2c2nn(CC(=O)NCCOC)c(=O)n12. The molecule has 1 aromatic carbocycles. The van der Waals surface area contributed by atoms with Crippen molar-refractivity contribution in [2.75, 3.05) is 20.3 Å². The van der Waals surface area contributed by atoms with Crippen molar-refractivity contribution in [1.29, 1.82) is 0 Å². The van der Waals surface area contributed by atoms with Crippen LogP contribution < -0.4 is 11.0 Å². The molecule has 0 fully saturated rings. The summed E-state index contributed by atoms with van der Waals surface area (Å²) in [5.41, 5.74) is 0.942. The summed E-state index contributed by atoms with van der Waals surface area (Å²) in [6.07, 6.45) is 0.590. The van der Waals surface area contributed by atoms with Crippen LogP contribution in [0.4, 0.5) is 0 Å². The lowest BCUT2D eigenvalue weighted by atomic mass is 10.2. The van der Waals surface area contributed by atoms with Gasteiger partial charge in [0.25, 0.3) is 0 Å². The van der Waals surface area contributed by atoms with Gasteiger partial charge >= 0.3 is 5.69 Å². The highest BCUT2D eigenvalue weighted by Gasteiger charge is 2.16. The molecule has 1 N–H and O–H groups in total. The molecule has 1 amide bonds. The number of amides is 1. The highest BCUT2D eigenvalue weighted by molar-refractivity contribution is 5.91. The molecule has 3 rings (SSSR count). The number of carbonyl (C=O) groups excluding carboxylic acids is 1. The first kappa shape index (κ1) is 16.1. The monoisotopic (exact) mass is 329 g/mol. The van der Waals surface area contributed by atoms with Crippen LogP contribution >= 0.6 is 0 Å². The summed E-state index contributed by atoms with van der Waals surface area (Å²) >= 11 is 0. The van der Waals surface area contributed by atoms with Crippen molar-refractivity contribution < 1.29 is 9.53 Å². The lowest BCUT2D eigenvalue weighted by Crippen LogP contribution is -2.34. The molecule has 8 nitrogen and oxygen atoms in total. The second-order valence-corrected chi connectivity index (χ2v) is 5.34. The maximum atomic E-state index is 12.6. The van der Waals surface area contributed by atoms with Crippen LogP contribution in [-0.2, 0) is 22.5 Å². The van der Waals surface area contributed by atoms with E-state index in [4.69, 9.17) is 4.74 Å². The van der Waals surface area contributed by atoms with Crippen molar-refractivity contribution >= 4 is 22.5 Å². The number of hydrogen-bond acceptors (Lipinski definition) is 5. The minimum Gasteiger partial charge on any atom is -0.383 e. The standard InChI is InChI=1S/C16H19N5O3/c1-3-13-18-12-7-5-4-6-11(12)15-19-20(16(23)21(13)15)10-14(22)17-8-9-24-2/h4-7H,3,8-10H2,1-2H3,(H,17,22). The van der Waals surface area contributed by atoms with E-state index < -0.39 is 0 Å². The van der Waals surface area contributed by atoms with Crippen LogP contribution in [0.15, 0.2) is 29.1 Å². The van der Waals surface area contributed by atoms with Crippen LogP contribution in [0, 0.1) is 0 Å². The van der Waals surface area contributed by atoms with Gasteiger partial charge in [-0.2, -0.15) is 0 Å². The van der Waals surface area contributed by atoms with Crippen LogP contribution in [0.5, 0.6) is 0 Å². The highest BCUT2D eigenvalue weighted by Crippen LogP contribution is 2.17. The Labute approximate surface area is 138 Å². The minimum atomic E-state index is -0.359. The number of para-hydroxylation sites is 1. The third-order valence-electron chi connectivity index (χ3n) is 3.73. The number of nitrogens with one attached hydrogen (secondary N) is 1. The quantitative estimate of drug-likeness (QED) is 0.660. The fourth-order valence-electron chi connectivity index (χ4n) is 2.59. The third-order valence-corrected chi connectivity index (χ3v) is 3.73. The smallest absolute Gasteiger partial charge is 0.352 e. The fourth-order valence-corrected chi connectivity index (χ4v) is 2.59. The van der Waals surface area contributed by atoms with Crippen molar-refractivity contribution in [1.82, 2.24) is 24.5 Å². The van der Waals surface area contributed by atoms with Crippen LogP contribution in [-0.4, -0.2) is 45.3 Å². The zero-order chi connectivity index (χ0) is 17.1. The van der Waals surface area contributed by atoms with Gasteiger partial charge in [-0.05, 0) is 12.1 Å². The maximum absolute atomic E-state index is 12.6. The number of methoxy groups -OCH3 is 1. The molecule has 3 aromatic rings. The van der Waals surface area contributed by atoms with Gasteiger partial charge in [0.15, 0.2) is 5.65 Å². The molecule has 0 unspecified atom stereocenters. The zero-order valence-corrected chi connectivity index (χ0v) is 13.7. The Morgan fingerprint density at radius 3 is 2.88 bits per heavy atom. The number of carbonyl (C=O) groups is 1. The predicted octanol–water partition coefficient (Wildman–Crippen LogP) is 0.369. The third kappa shape index (κ3) is 2.88. The van der Waals surface area contributed by atoms with Gasteiger partial charge in [-0.3, -0.25) is 4.79 Å². The first-order valence-electron chi connectivity index (χ1n) is 7.78. The van der Waals surface area contributed by atoms with E-state index in [1.807, 2.05) is 31.2 Å². The Bertz CT molecular complexity index is 944. The summed E-state index contributed by atoms with van der Waals surface area (Å²) in [4.78, 5) is 29.1. The molecule has 8 heteroatoms. The summed E-state index contributed by atoms with van der Waals surface area (Å²) < 4.78 is 7.53. The van der Waals surface area contributed by atoms with E-state index in [1.165, 1.54) is 9.08 Å². The van der Waals surface area contributed by atoms with Gasteiger partial charge in [0.05, 0.1) is 12.1 Å². The molecule has 2 aromatic heterocycles. The molecule has 2 heterocycles. The summed E-state index contributed by atoms with van der Waals surface area (Å²) in [5, 5.41) is 7.82. The Kier molecular flexibility index (Phi) is 4.57. The molecule has 0 aliphatic carbocycles. The van der Waals surface area contributed by atoms with Gasteiger partial charge in [0.2, 0.25) is 5.91 Å². The van der Waals surface area contributed by atoms with Crippen molar-refractivity contribution in [3.63, 3.8) is 0 Å². The second-order valence-electron chi connectivity index (χ2n) is 5.34. The normalized spacial score (nSPS) is 11.2. The average molecular weight is 329 g/mol. The van der Waals surface area contributed by atoms with Crippen LogP contribution in [0.3, 0.4) is 0 Å². The zero-order valence-electron chi connectivity index (χ0n) is 13.7. The van der Waals surface area contributed by atoms with Gasteiger partial charge in [0.1, 0.15) is 12.4 Å². The molecular weight excluding hydrogens is 310 g/mol. The number of rotatable bonds is 6. The van der Waals surface area contributed by atoms with Gasteiger partial charge in [-0.15, -0.1) is 5.10 Å². The van der Waals surface area contributed by atoms with Crippen LogP contribution in [0.1, 0.15) is 12.7 Å². The van der Waals surface area contributed by atoms with E-state index in [9.17, 15) is 9.59 Å². The summed E-state index contributed by atoms with van der Waals surface area (Å²) in [6.45, 7) is 2.60. The molecule has 0 radical (unpaired) electrons. The minimum absolute atomic E-state index is 0.137. The Morgan fingerprint density at radius 1 is 1.33 bits per heavy atom. The average Bonchev–Trinajstić information content (AvgIpc) is 2.91. The summed E-state index contributed by atoms with van der Waals surface area (Å²) in [6, 6.07) is 7.52. The topological polar surface area (TPSA) is 90.5 Å². The molecule has 0 atom stereocenters. The Balaban J connectivity index is 2.05. The lowest BCUT2D eigenvalue weighted by Gasteiger charge is -2.03. The number of aryl methyl sites for hydroxylation is 1. The van der Waals surface area contributed by atoms with Crippen LogP contribution in [0.25, 0.3) is 16.6 Å². The molecule has 0 aliphatic heterocycles. The van der Waals surface area contributed by atoms with E-state index in [-0.39, 0.29) is 18.1 Å². The Hall–Kier alpha value is -2.74. The number of benzene rings is 1. The van der Waals surface area contributed by atoms with E-state index >= 15 is 0 Å². The predicted molar refractivity (Wildman–Crippen MR) is 89.0 cm³/mol. The number of fused-ring (bicyclic) bond motifs is 3. The van der Waals surface area contributed by atoms with E-state index in [0.717, 1.165) is 10.9 Å². The molecule has 0 saturated heterocycles. The van der Waals surface area contributed by atoms with Gasteiger partial charge < -0.3 is 10.1 Å². The molecule has 0 saturated carbocycles. The fraction of sp³-hybridized carbons (Fsp3) is 0.375. The van der Waals surface area contributed by atoms with E-state index in [2.05, 4.69) is 15.4 Å². The number of nitrogens with zero attached hydrogens (tertiary/aromatic N) is 4. The van der Waals surface area contributed by atoms with Crippen molar-refractivity contribution in [3.05, 3.63) is 40.6 Å². The summed E-state index contributed by atoms with van der Waals surface area (Å²) in [5.74, 6) is 0.340. The Morgan fingerprint density at radius 2 is 2.12 bits per heavy atom. The molecule has 0 bridgehead atoms. The van der Waals surface area contributed by atoms with Gasteiger partial charge in [-0.25, -0.2) is 18.9 Å². The second kappa shape index (κ2) is 6.79. The van der Waals surface area contributed by atoms with E-state index in [1.54, 1.807) is 7.11 Å².